The fourth-order valence-electron chi connectivity index (χ4n) is 8.20. The van der Waals surface area contributed by atoms with Crippen LogP contribution in [0.2, 0.25) is 0 Å². The molecule has 0 aromatic carbocycles. The Bertz CT molecular complexity index is 1050. The van der Waals surface area contributed by atoms with E-state index in [1.165, 1.54) is 7.11 Å². The maximum atomic E-state index is 14.5. The summed E-state index contributed by atoms with van der Waals surface area (Å²) in [6.45, 7) is 9.28. The third kappa shape index (κ3) is 3.79. The number of aliphatic hydroxyl groups is 2. The van der Waals surface area contributed by atoms with Crippen LogP contribution in [0.15, 0.2) is 11.1 Å². The number of carbonyl (C=O) groups excluding carboxylic acids is 3. The van der Waals surface area contributed by atoms with E-state index < -0.39 is 70.2 Å². The van der Waals surface area contributed by atoms with E-state index in [1.807, 2.05) is 27.7 Å². The molecule has 0 aromatic heterocycles. The predicted octanol–water partition coefficient (Wildman–Crippen LogP) is 1.37. The van der Waals surface area contributed by atoms with Crippen molar-refractivity contribution in [3.8, 4) is 0 Å². The first-order chi connectivity index (χ1) is 16.7. The van der Waals surface area contributed by atoms with E-state index in [-0.39, 0.29) is 75.1 Å². The molecule has 0 aromatic rings. The zero-order chi connectivity index (χ0) is 26.6. The first-order valence-electron chi connectivity index (χ1n) is 12.8. The number of Topliss-reactive ketones (excluding diaryl/α,β-unsaturated/α-hetero) is 2. The van der Waals surface area contributed by atoms with Gasteiger partial charge in [0.05, 0.1) is 29.8 Å². The van der Waals surface area contributed by atoms with Crippen LogP contribution in [0.1, 0.15) is 53.9 Å². The molecule has 9 nitrogen and oxygen atoms in total. The minimum Gasteiger partial charge on any atom is -0.457 e. The van der Waals surface area contributed by atoms with Crippen LogP contribution in [-0.4, -0.2) is 84.2 Å². The number of ether oxygens (including phenoxy) is 4. The third-order valence-corrected chi connectivity index (χ3v) is 10.5. The standard InChI is InChI=1S/C27H38O9.Ac/c1-12-16(36-23(30)14-8-15(14)28)10-27(32)13(2)21-25(5,17(33-6)9-18-26(21,31)11-35-18)22(29)20(34-7)19(12)24(27,3)4;/h13-14,16-18,20-21,31-32H,8-11H2,1-7H3;/t13-,14?,16?,17?,18?,20?,21?,25+,26?,27?;/m0./s1. The molecular weight excluding hydrogens is 695 g/mol. The van der Waals surface area contributed by atoms with Crippen molar-refractivity contribution in [1.82, 2.24) is 0 Å². The summed E-state index contributed by atoms with van der Waals surface area (Å²) < 4.78 is 23.3. The molecule has 10 atom stereocenters. The zero-order valence-corrected chi connectivity index (χ0v) is 27.4. The average molecular weight is 734 g/mol. The summed E-state index contributed by atoms with van der Waals surface area (Å²) in [5.74, 6) is -3.08. The second kappa shape index (κ2) is 9.43. The molecule has 1 radical (unpaired) electrons. The molecule has 4 aliphatic carbocycles. The number of ketones is 2. The molecule has 0 spiro atoms. The molecule has 8 unspecified atom stereocenters. The number of methoxy groups -OCH3 is 2. The Labute approximate surface area is 253 Å². The first-order valence-corrected chi connectivity index (χ1v) is 12.8. The molecule has 5 rings (SSSR count). The van der Waals surface area contributed by atoms with Crippen molar-refractivity contribution in [2.75, 3.05) is 20.8 Å². The minimum absolute atomic E-state index is 0. The number of esters is 1. The van der Waals surface area contributed by atoms with Crippen LogP contribution in [0.4, 0.5) is 0 Å². The molecule has 3 saturated carbocycles. The van der Waals surface area contributed by atoms with Gasteiger partial charge in [0.1, 0.15) is 29.5 Å². The molecule has 1 saturated heterocycles. The third-order valence-electron chi connectivity index (χ3n) is 10.5. The molecule has 4 fully saturated rings. The van der Waals surface area contributed by atoms with E-state index in [4.69, 9.17) is 18.9 Å². The summed E-state index contributed by atoms with van der Waals surface area (Å²) in [5, 5.41) is 24.5. The fourth-order valence-corrected chi connectivity index (χ4v) is 8.20. The SMILES string of the molecule is COC1C(=O)[C@]2(C)C(OC)CC3OCC3(O)C2[C@H](C)C2(O)CC(OC(=O)C3CC3=O)C(C)=C1C2(C)C.[Ac]. The molecule has 1 heterocycles. The van der Waals surface area contributed by atoms with Crippen molar-refractivity contribution in [3.05, 3.63) is 11.1 Å². The smallest absolute Gasteiger partial charge is 0.317 e. The summed E-state index contributed by atoms with van der Waals surface area (Å²) in [6.07, 6.45) is -2.36. The van der Waals surface area contributed by atoms with Crippen LogP contribution in [0.25, 0.3) is 0 Å². The van der Waals surface area contributed by atoms with Crippen molar-refractivity contribution < 1.29 is 87.6 Å². The van der Waals surface area contributed by atoms with Gasteiger partial charge in [0, 0.05) is 88.9 Å². The van der Waals surface area contributed by atoms with Crippen LogP contribution in [0.3, 0.4) is 0 Å². The molecular formula is C27H38AcO9. The van der Waals surface area contributed by atoms with E-state index in [0.717, 1.165) is 0 Å². The number of hydrogen-bond acceptors (Lipinski definition) is 9. The van der Waals surface area contributed by atoms with E-state index in [1.54, 1.807) is 14.0 Å². The summed E-state index contributed by atoms with van der Waals surface area (Å²) in [6, 6.07) is 0. The number of hydrogen-bond donors (Lipinski definition) is 2. The molecule has 10 heteroatoms. The summed E-state index contributed by atoms with van der Waals surface area (Å²) >= 11 is 0. The minimum atomic E-state index is -1.49. The van der Waals surface area contributed by atoms with Crippen LogP contribution < -0.4 is 0 Å². The van der Waals surface area contributed by atoms with Gasteiger partial charge in [-0.15, -0.1) is 0 Å². The normalized spacial score (nSPS) is 48.0. The zero-order valence-electron chi connectivity index (χ0n) is 22.7. The van der Waals surface area contributed by atoms with Gasteiger partial charge in [-0.25, -0.2) is 0 Å². The van der Waals surface area contributed by atoms with Gasteiger partial charge in [-0.05, 0) is 30.9 Å². The molecule has 203 valence electrons. The predicted molar refractivity (Wildman–Crippen MR) is 126 cm³/mol. The summed E-state index contributed by atoms with van der Waals surface area (Å²) in [4.78, 5) is 38.8. The van der Waals surface area contributed by atoms with Crippen molar-refractivity contribution in [2.45, 2.75) is 89.5 Å². The summed E-state index contributed by atoms with van der Waals surface area (Å²) in [5.41, 5.74) is -3.73. The summed E-state index contributed by atoms with van der Waals surface area (Å²) in [7, 11) is 3.00. The number of fused-ring (bicyclic) bond motifs is 5. The average Bonchev–Trinajstić information content (AvgIpc) is 3.54. The second-order valence-electron chi connectivity index (χ2n) is 12.3. The first kappa shape index (κ1) is 29.8. The molecule has 5 aliphatic rings. The van der Waals surface area contributed by atoms with Crippen LogP contribution in [0, 0.1) is 72.6 Å². The Hall–Kier alpha value is -0.208. The Kier molecular flexibility index (Phi) is 7.58. The van der Waals surface area contributed by atoms with Gasteiger partial charge in [-0.1, -0.05) is 20.8 Å². The molecule has 37 heavy (non-hydrogen) atoms. The van der Waals surface area contributed by atoms with Crippen molar-refractivity contribution >= 4 is 17.5 Å². The van der Waals surface area contributed by atoms with Gasteiger partial charge in [0.25, 0.3) is 0 Å². The molecule has 1 aliphatic heterocycles. The topological polar surface area (TPSA) is 129 Å². The molecule has 2 N–H and O–H groups in total. The quantitative estimate of drug-likeness (QED) is 0.250. The second-order valence-corrected chi connectivity index (χ2v) is 12.3. The van der Waals surface area contributed by atoms with Crippen LogP contribution >= 0.6 is 0 Å². The fraction of sp³-hybridized carbons (Fsp3) is 0.815. The maximum Gasteiger partial charge on any atom is 0.317 e. The Morgan fingerprint density at radius 3 is 2.22 bits per heavy atom. The van der Waals surface area contributed by atoms with E-state index in [2.05, 4.69) is 0 Å². The van der Waals surface area contributed by atoms with Gasteiger partial charge < -0.3 is 29.2 Å². The Balaban J connectivity index is 0.00000320. The largest absolute Gasteiger partial charge is 0.457 e. The van der Waals surface area contributed by atoms with Gasteiger partial charge in [-0.2, -0.15) is 0 Å². The maximum absolute atomic E-state index is 14.5. The van der Waals surface area contributed by atoms with Crippen LogP contribution in [-0.2, 0) is 33.3 Å². The van der Waals surface area contributed by atoms with Gasteiger partial charge in [0.2, 0.25) is 0 Å². The van der Waals surface area contributed by atoms with E-state index in [0.29, 0.717) is 17.6 Å². The Morgan fingerprint density at radius 2 is 1.73 bits per heavy atom. The van der Waals surface area contributed by atoms with Gasteiger partial charge in [-0.3, -0.25) is 14.4 Å². The number of carbonyl (C=O) groups is 3. The Morgan fingerprint density at radius 1 is 1.11 bits per heavy atom. The molecule has 2 bridgehead atoms. The van der Waals surface area contributed by atoms with Gasteiger partial charge >= 0.3 is 5.97 Å². The monoisotopic (exact) mass is 733 g/mol. The van der Waals surface area contributed by atoms with Gasteiger partial charge in [0.15, 0.2) is 5.78 Å². The van der Waals surface area contributed by atoms with Crippen molar-refractivity contribution in [3.63, 3.8) is 0 Å². The van der Waals surface area contributed by atoms with Crippen molar-refractivity contribution in [2.24, 2.45) is 28.6 Å². The van der Waals surface area contributed by atoms with Crippen LogP contribution in [0.5, 0.6) is 0 Å². The van der Waals surface area contributed by atoms with E-state index >= 15 is 0 Å². The number of rotatable bonds is 4. The molecule has 0 amide bonds. The van der Waals surface area contributed by atoms with E-state index in [9.17, 15) is 24.6 Å². The van der Waals surface area contributed by atoms with Crippen molar-refractivity contribution in [1.29, 1.82) is 0 Å².